The molecule has 3 aromatic carbocycles. The molecule has 7 heteroatoms. The number of carbonyl (C=O) groups excluding carboxylic acids is 1. The normalized spacial score (nSPS) is 16.0. The Morgan fingerprint density at radius 1 is 0.882 bits per heavy atom. The summed E-state index contributed by atoms with van der Waals surface area (Å²) in [4.78, 5) is 17.0. The molecule has 0 radical (unpaired) electrons. The lowest BCUT2D eigenvalue weighted by Crippen LogP contribution is -2.26. The number of hydrogen-bond donors (Lipinski definition) is 2. The van der Waals surface area contributed by atoms with E-state index in [2.05, 4.69) is 51.4 Å². The van der Waals surface area contributed by atoms with E-state index < -0.39 is 10.0 Å². The minimum absolute atomic E-state index is 0.0310. The number of amidine groups is 1. The van der Waals surface area contributed by atoms with Gasteiger partial charge in [-0.1, -0.05) is 73.2 Å². The predicted molar refractivity (Wildman–Crippen MR) is 135 cm³/mol. The highest BCUT2D eigenvalue weighted by atomic mass is 32.2. The monoisotopic (exact) mass is 475 g/mol. The number of fused-ring (bicyclic) bond motifs is 1. The Hall–Kier alpha value is -3.45. The van der Waals surface area contributed by atoms with Crippen LogP contribution in [0.1, 0.15) is 49.8 Å². The van der Waals surface area contributed by atoms with Crippen LogP contribution < -0.4 is 10.0 Å². The summed E-state index contributed by atoms with van der Waals surface area (Å²) in [6.07, 6.45) is 2.85. The number of benzene rings is 3. The summed E-state index contributed by atoms with van der Waals surface area (Å²) in [7, 11) is -3.50. The first-order chi connectivity index (χ1) is 16.4. The highest BCUT2D eigenvalue weighted by Gasteiger charge is 2.29. The van der Waals surface area contributed by atoms with Gasteiger partial charge in [-0.3, -0.25) is 14.5 Å². The molecule has 0 fully saturated rings. The number of sulfonamides is 1. The number of amides is 1. The van der Waals surface area contributed by atoms with Crippen LogP contribution in [0.15, 0.2) is 88.8 Å². The first-order valence-electron chi connectivity index (χ1n) is 11.6. The van der Waals surface area contributed by atoms with Crippen LogP contribution >= 0.6 is 0 Å². The standard InChI is InChI=1S/C27H29N3O3S/c1-20(21-15-17-23(18-16-21)22-10-4-2-5-11-22)29-26(31)14-6-3-9-19-28-27-24-12-7-8-13-25(24)34(32,33)30-27/h2,4-5,7-8,10-13,15-18,20H,3,6,9,14,19H2,1H3,(H,28,30)(H,29,31). The van der Waals surface area contributed by atoms with Crippen molar-refractivity contribution >= 4 is 21.8 Å². The number of hydrogen-bond acceptors (Lipinski definition) is 4. The molecule has 176 valence electrons. The molecule has 0 spiro atoms. The van der Waals surface area contributed by atoms with Crippen molar-refractivity contribution in [3.05, 3.63) is 90.0 Å². The Morgan fingerprint density at radius 2 is 1.56 bits per heavy atom. The first kappa shape index (κ1) is 23.7. The zero-order valence-corrected chi connectivity index (χ0v) is 20.0. The molecule has 2 N–H and O–H groups in total. The fourth-order valence-electron chi connectivity index (χ4n) is 4.01. The van der Waals surface area contributed by atoms with E-state index in [9.17, 15) is 13.2 Å². The Morgan fingerprint density at radius 3 is 2.32 bits per heavy atom. The first-order valence-corrected chi connectivity index (χ1v) is 13.0. The van der Waals surface area contributed by atoms with Crippen LogP contribution in [0.5, 0.6) is 0 Å². The highest BCUT2D eigenvalue weighted by molar-refractivity contribution is 7.90. The molecule has 6 nitrogen and oxygen atoms in total. The molecule has 0 bridgehead atoms. The van der Waals surface area contributed by atoms with Crippen LogP contribution in [0.25, 0.3) is 11.1 Å². The largest absolute Gasteiger partial charge is 0.350 e. The van der Waals surface area contributed by atoms with Gasteiger partial charge in [-0.2, -0.15) is 0 Å². The van der Waals surface area contributed by atoms with E-state index in [0.717, 1.165) is 30.4 Å². The molecule has 1 aliphatic heterocycles. The maximum atomic E-state index is 12.4. The summed E-state index contributed by atoms with van der Waals surface area (Å²) in [5.74, 6) is 0.434. The van der Waals surface area contributed by atoms with Crippen LogP contribution in [0.3, 0.4) is 0 Å². The SMILES string of the molecule is CC(NC(=O)CCCCCN=C1NS(=O)(=O)c2ccccc21)c1ccc(-c2ccccc2)cc1. The van der Waals surface area contributed by atoms with Crippen molar-refractivity contribution in [2.45, 2.75) is 43.5 Å². The second-order valence-corrected chi connectivity index (χ2v) is 10.1. The zero-order chi connectivity index (χ0) is 24.0. The topological polar surface area (TPSA) is 87.6 Å². The summed E-state index contributed by atoms with van der Waals surface area (Å²) in [5.41, 5.74) is 4.02. The minimum atomic E-state index is -3.50. The lowest BCUT2D eigenvalue weighted by atomic mass is 10.0. The number of carbonyl (C=O) groups is 1. The quantitative estimate of drug-likeness (QED) is 0.435. The van der Waals surface area contributed by atoms with Crippen molar-refractivity contribution in [2.75, 3.05) is 6.54 Å². The van der Waals surface area contributed by atoms with Crippen molar-refractivity contribution in [2.24, 2.45) is 4.99 Å². The van der Waals surface area contributed by atoms with Crippen LogP contribution in [-0.2, 0) is 14.8 Å². The van der Waals surface area contributed by atoms with Crippen molar-refractivity contribution in [3.63, 3.8) is 0 Å². The summed E-state index contributed by atoms with van der Waals surface area (Å²) < 4.78 is 26.7. The summed E-state index contributed by atoms with van der Waals surface area (Å²) in [6.45, 7) is 2.50. The van der Waals surface area contributed by atoms with E-state index in [1.54, 1.807) is 24.3 Å². The van der Waals surface area contributed by atoms with Gasteiger partial charge in [-0.15, -0.1) is 0 Å². The Labute approximate surface area is 201 Å². The molecule has 1 amide bonds. The molecule has 34 heavy (non-hydrogen) atoms. The zero-order valence-electron chi connectivity index (χ0n) is 19.2. The van der Waals surface area contributed by atoms with E-state index in [1.165, 1.54) is 5.56 Å². The average Bonchev–Trinajstić information content (AvgIpc) is 3.12. The third-order valence-electron chi connectivity index (χ3n) is 5.89. The lowest BCUT2D eigenvalue weighted by molar-refractivity contribution is -0.121. The molecule has 0 saturated carbocycles. The molecule has 4 rings (SSSR count). The second kappa shape index (κ2) is 10.7. The molecule has 0 aromatic heterocycles. The molecule has 0 aliphatic carbocycles. The Bertz CT molecular complexity index is 1270. The van der Waals surface area contributed by atoms with Gasteiger partial charge in [0.25, 0.3) is 10.0 Å². The van der Waals surface area contributed by atoms with E-state index >= 15 is 0 Å². The molecule has 1 aliphatic rings. The minimum Gasteiger partial charge on any atom is -0.350 e. The molecule has 1 unspecified atom stereocenters. The van der Waals surface area contributed by atoms with Gasteiger partial charge >= 0.3 is 0 Å². The number of nitrogens with zero attached hydrogens (tertiary/aromatic N) is 1. The van der Waals surface area contributed by atoms with Crippen molar-refractivity contribution in [3.8, 4) is 11.1 Å². The fourth-order valence-corrected chi connectivity index (χ4v) is 5.26. The number of aliphatic imine (C=N–C) groups is 1. The van der Waals surface area contributed by atoms with Gasteiger partial charge in [0.2, 0.25) is 5.91 Å². The second-order valence-electron chi connectivity index (χ2n) is 8.42. The smallest absolute Gasteiger partial charge is 0.263 e. The highest BCUT2D eigenvalue weighted by Crippen LogP contribution is 2.23. The van der Waals surface area contributed by atoms with Gasteiger partial charge in [0, 0.05) is 18.5 Å². The van der Waals surface area contributed by atoms with Gasteiger partial charge in [-0.05, 0) is 48.6 Å². The van der Waals surface area contributed by atoms with Crippen molar-refractivity contribution in [1.82, 2.24) is 10.0 Å². The molecule has 0 saturated heterocycles. The van der Waals surface area contributed by atoms with Crippen molar-refractivity contribution in [1.29, 1.82) is 0 Å². The number of unbranched alkanes of at least 4 members (excludes halogenated alkanes) is 2. The number of nitrogens with one attached hydrogen (secondary N) is 2. The average molecular weight is 476 g/mol. The van der Waals surface area contributed by atoms with Gasteiger partial charge < -0.3 is 5.32 Å². The molecular formula is C27H29N3O3S. The van der Waals surface area contributed by atoms with E-state index in [-0.39, 0.29) is 16.8 Å². The van der Waals surface area contributed by atoms with Crippen molar-refractivity contribution < 1.29 is 13.2 Å². The van der Waals surface area contributed by atoms with Crippen LogP contribution in [0.2, 0.25) is 0 Å². The third-order valence-corrected chi connectivity index (χ3v) is 7.29. The van der Waals surface area contributed by atoms with Gasteiger partial charge in [0.1, 0.15) is 5.84 Å². The summed E-state index contributed by atoms with van der Waals surface area (Å²) in [5, 5.41) is 3.07. The van der Waals surface area contributed by atoms with Gasteiger partial charge in [0.05, 0.1) is 10.9 Å². The van der Waals surface area contributed by atoms with E-state index in [1.807, 2.05) is 25.1 Å². The lowest BCUT2D eigenvalue weighted by Gasteiger charge is -2.15. The third kappa shape index (κ3) is 5.72. The van der Waals surface area contributed by atoms with Crippen LogP contribution in [-0.4, -0.2) is 26.7 Å². The molecule has 3 aromatic rings. The summed E-state index contributed by atoms with van der Waals surface area (Å²) in [6, 6.07) is 25.3. The van der Waals surface area contributed by atoms with Gasteiger partial charge in [0.15, 0.2) is 0 Å². The van der Waals surface area contributed by atoms with Crippen LogP contribution in [0, 0.1) is 0 Å². The Kier molecular flexibility index (Phi) is 7.43. The van der Waals surface area contributed by atoms with E-state index in [4.69, 9.17) is 0 Å². The molecular weight excluding hydrogens is 446 g/mol. The number of rotatable bonds is 9. The maximum absolute atomic E-state index is 12.4. The molecule has 1 heterocycles. The van der Waals surface area contributed by atoms with Crippen LogP contribution in [0.4, 0.5) is 0 Å². The Balaban J connectivity index is 1.18. The predicted octanol–water partition coefficient (Wildman–Crippen LogP) is 4.83. The fraction of sp³-hybridized carbons (Fsp3) is 0.259. The molecule has 1 atom stereocenters. The van der Waals surface area contributed by atoms with E-state index in [0.29, 0.717) is 24.4 Å². The van der Waals surface area contributed by atoms with Gasteiger partial charge in [-0.25, -0.2) is 8.42 Å². The maximum Gasteiger partial charge on any atom is 0.263 e. The summed E-state index contributed by atoms with van der Waals surface area (Å²) >= 11 is 0.